The summed E-state index contributed by atoms with van der Waals surface area (Å²) in [5.41, 5.74) is 5.44. The van der Waals surface area contributed by atoms with Crippen LogP contribution in [0.2, 0.25) is 0 Å². The number of hydrogen-bond acceptors (Lipinski definition) is 6. The van der Waals surface area contributed by atoms with Gasteiger partial charge < -0.3 is 24.2 Å². The van der Waals surface area contributed by atoms with Crippen LogP contribution in [0.1, 0.15) is 24.0 Å². The molecule has 1 amide bonds. The minimum Gasteiger partial charge on any atom is -0.466 e. The van der Waals surface area contributed by atoms with Gasteiger partial charge in [-0.15, -0.1) is 0 Å². The summed E-state index contributed by atoms with van der Waals surface area (Å²) in [6.45, 7) is 1.28. The number of rotatable bonds is 6. The summed E-state index contributed by atoms with van der Waals surface area (Å²) < 4.78 is 10.4. The van der Waals surface area contributed by atoms with Crippen LogP contribution >= 0.6 is 0 Å². The lowest BCUT2D eigenvalue weighted by molar-refractivity contribution is -0.136. The fourth-order valence-electron chi connectivity index (χ4n) is 4.45. The van der Waals surface area contributed by atoms with Crippen molar-refractivity contribution >= 4 is 23.4 Å². The van der Waals surface area contributed by atoms with E-state index in [1.807, 2.05) is 6.08 Å². The van der Waals surface area contributed by atoms with E-state index in [9.17, 15) is 9.59 Å². The maximum absolute atomic E-state index is 12.8. The van der Waals surface area contributed by atoms with Crippen LogP contribution in [0.4, 0.5) is 16.2 Å². The van der Waals surface area contributed by atoms with E-state index in [1.165, 1.54) is 29.6 Å². The molecule has 2 aromatic rings. The number of methoxy groups -OCH3 is 1. The lowest BCUT2D eigenvalue weighted by Crippen LogP contribution is -2.33. The molecule has 2 aromatic carbocycles. The third-order valence-corrected chi connectivity index (χ3v) is 6.26. The second-order valence-corrected chi connectivity index (χ2v) is 8.53. The Bertz CT molecular complexity index is 1080. The van der Waals surface area contributed by atoms with Crippen molar-refractivity contribution in [2.24, 2.45) is 0 Å². The van der Waals surface area contributed by atoms with Gasteiger partial charge in [0.2, 0.25) is 5.88 Å². The van der Waals surface area contributed by atoms with E-state index in [0.717, 1.165) is 25.8 Å². The van der Waals surface area contributed by atoms with Crippen molar-refractivity contribution in [3.63, 3.8) is 0 Å². The summed E-state index contributed by atoms with van der Waals surface area (Å²) in [6.07, 6.45) is 6.22. The number of carbonyl (C=O) groups excluding carboxylic acids is 2. The van der Waals surface area contributed by atoms with Crippen molar-refractivity contribution in [1.82, 2.24) is 9.80 Å². The number of anilines is 2. The highest BCUT2D eigenvalue weighted by Gasteiger charge is 2.26. The number of allylic oxidation sites excluding steroid dienone is 1. The molecule has 2 aliphatic heterocycles. The molecular formula is C27H31N3O4. The van der Waals surface area contributed by atoms with Crippen LogP contribution in [0.25, 0.3) is 0 Å². The molecule has 34 heavy (non-hydrogen) atoms. The molecule has 0 N–H and O–H groups in total. The first-order valence-electron chi connectivity index (χ1n) is 11.6. The van der Waals surface area contributed by atoms with Gasteiger partial charge in [-0.2, -0.15) is 0 Å². The van der Waals surface area contributed by atoms with Crippen LogP contribution in [-0.4, -0.2) is 56.2 Å². The number of amides is 1. The van der Waals surface area contributed by atoms with E-state index in [2.05, 4.69) is 53.4 Å². The maximum atomic E-state index is 12.8. The Balaban J connectivity index is 1.43. The molecule has 0 saturated heterocycles. The van der Waals surface area contributed by atoms with Gasteiger partial charge in [0.1, 0.15) is 5.57 Å². The predicted octanol–water partition coefficient (Wildman–Crippen LogP) is 4.62. The minimum absolute atomic E-state index is 0.210. The Morgan fingerprint density at radius 1 is 1.00 bits per heavy atom. The first kappa shape index (κ1) is 23.4. The third kappa shape index (κ3) is 4.93. The van der Waals surface area contributed by atoms with Gasteiger partial charge in [-0.05, 0) is 42.5 Å². The molecule has 0 radical (unpaired) electrons. The largest absolute Gasteiger partial charge is 0.466 e. The minimum atomic E-state index is -0.504. The number of ether oxygens (including phenoxy) is 2. The van der Waals surface area contributed by atoms with E-state index in [1.54, 1.807) is 30.1 Å². The fraction of sp³-hybridized carbons (Fsp3) is 0.333. The van der Waals surface area contributed by atoms with Gasteiger partial charge in [0.15, 0.2) is 0 Å². The van der Waals surface area contributed by atoms with Crippen molar-refractivity contribution in [3.05, 3.63) is 83.4 Å². The number of benzene rings is 2. The van der Waals surface area contributed by atoms with Crippen molar-refractivity contribution < 1.29 is 19.1 Å². The molecule has 0 saturated carbocycles. The van der Waals surface area contributed by atoms with Gasteiger partial charge in [0.25, 0.3) is 0 Å². The molecule has 0 spiro atoms. The van der Waals surface area contributed by atoms with Crippen LogP contribution < -0.4 is 4.90 Å². The van der Waals surface area contributed by atoms with Gasteiger partial charge in [-0.3, -0.25) is 0 Å². The molecule has 178 valence electrons. The second-order valence-electron chi connectivity index (χ2n) is 8.53. The molecule has 4 rings (SSSR count). The molecule has 0 bridgehead atoms. The molecule has 0 atom stereocenters. The number of para-hydroxylation sites is 2. The van der Waals surface area contributed by atoms with E-state index in [-0.39, 0.29) is 5.88 Å². The number of nitrogens with zero attached hydrogens (tertiary/aromatic N) is 3. The van der Waals surface area contributed by atoms with Crippen LogP contribution in [0.5, 0.6) is 0 Å². The number of hydrogen-bond donors (Lipinski definition) is 0. The van der Waals surface area contributed by atoms with Crippen molar-refractivity contribution in [3.8, 4) is 0 Å². The Morgan fingerprint density at radius 2 is 1.62 bits per heavy atom. The summed E-state index contributed by atoms with van der Waals surface area (Å²) in [5, 5.41) is 0. The van der Waals surface area contributed by atoms with Gasteiger partial charge >= 0.3 is 12.1 Å². The smallest absolute Gasteiger partial charge is 0.416 e. The van der Waals surface area contributed by atoms with Gasteiger partial charge in [-0.1, -0.05) is 42.5 Å². The quantitative estimate of drug-likeness (QED) is 0.585. The molecule has 2 heterocycles. The molecule has 0 aliphatic carbocycles. The zero-order valence-electron chi connectivity index (χ0n) is 20.0. The molecular weight excluding hydrogens is 430 g/mol. The van der Waals surface area contributed by atoms with Crippen molar-refractivity contribution in [2.75, 3.05) is 39.2 Å². The number of carbonyl (C=O) groups is 2. The lowest BCUT2D eigenvalue weighted by Gasteiger charge is -2.28. The summed E-state index contributed by atoms with van der Waals surface area (Å²) >= 11 is 0. The van der Waals surface area contributed by atoms with Crippen LogP contribution in [0, 0.1) is 0 Å². The monoisotopic (exact) mass is 461 g/mol. The number of esters is 1. The zero-order valence-corrected chi connectivity index (χ0v) is 20.0. The highest BCUT2D eigenvalue weighted by atomic mass is 16.6. The van der Waals surface area contributed by atoms with Crippen LogP contribution in [0.15, 0.2) is 72.3 Å². The molecule has 0 unspecified atom stereocenters. The molecule has 0 fully saturated rings. The van der Waals surface area contributed by atoms with E-state index < -0.39 is 12.1 Å². The molecule has 0 aromatic heterocycles. The van der Waals surface area contributed by atoms with E-state index >= 15 is 0 Å². The van der Waals surface area contributed by atoms with Gasteiger partial charge in [-0.25, -0.2) is 9.59 Å². The van der Waals surface area contributed by atoms with Gasteiger partial charge in [0.05, 0.1) is 7.11 Å². The van der Waals surface area contributed by atoms with Crippen LogP contribution in [-0.2, 0) is 27.1 Å². The summed E-state index contributed by atoms with van der Waals surface area (Å²) in [7, 11) is 4.76. The normalized spacial score (nSPS) is 14.8. The predicted molar refractivity (Wildman–Crippen MR) is 132 cm³/mol. The average Bonchev–Trinajstić information content (AvgIpc) is 3.02. The van der Waals surface area contributed by atoms with Crippen LogP contribution in [0.3, 0.4) is 0 Å². The summed E-state index contributed by atoms with van der Waals surface area (Å²) in [6, 6.07) is 17.1. The summed E-state index contributed by atoms with van der Waals surface area (Å²) in [5.74, 6) is -0.290. The number of aryl methyl sites for hydroxylation is 2. The molecule has 7 nitrogen and oxygen atoms in total. The second kappa shape index (κ2) is 10.5. The van der Waals surface area contributed by atoms with Gasteiger partial charge in [0, 0.05) is 51.2 Å². The Morgan fingerprint density at radius 3 is 2.24 bits per heavy atom. The lowest BCUT2D eigenvalue weighted by atomic mass is 10.0. The SMILES string of the molecule is COC(=O)C1=C(OC(=O)N(C)CCCN2c3ccccc3CCc3ccccc32)N(C)C=CC1. The van der Waals surface area contributed by atoms with E-state index in [4.69, 9.17) is 9.47 Å². The topological polar surface area (TPSA) is 62.3 Å². The Labute approximate surface area is 200 Å². The average molecular weight is 462 g/mol. The standard InChI is InChI=1S/C27H31N3O4/c1-28-17-8-12-22(26(31)33-3)25(28)34-27(32)29(2)18-9-19-30-23-13-6-4-10-20(23)15-16-21-11-5-7-14-24(21)30/h4-8,10-11,13-14,17H,9,12,15-16,18-19H2,1-3H3. The van der Waals surface area contributed by atoms with Crippen molar-refractivity contribution in [2.45, 2.75) is 25.7 Å². The summed E-state index contributed by atoms with van der Waals surface area (Å²) in [4.78, 5) is 30.4. The first-order valence-corrected chi connectivity index (χ1v) is 11.6. The Kier molecular flexibility index (Phi) is 7.21. The number of fused-ring (bicyclic) bond motifs is 2. The highest BCUT2D eigenvalue weighted by Crippen LogP contribution is 2.35. The maximum Gasteiger partial charge on any atom is 0.416 e. The fourth-order valence-corrected chi connectivity index (χ4v) is 4.45. The van der Waals surface area contributed by atoms with Crippen molar-refractivity contribution in [1.29, 1.82) is 0 Å². The Hall–Kier alpha value is -3.74. The first-order chi connectivity index (χ1) is 16.5. The zero-order chi connectivity index (χ0) is 24.1. The highest BCUT2D eigenvalue weighted by molar-refractivity contribution is 5.90. The molecule has 2 aliphatic rings. The molecule has 7 heteroatoms. The van der Waals surface area contributed by atoms with E-state index in [0.29, 0.717) is 18.5 Å². The third-order valence-electron chi connectivity index (χ3n) is 6.26.